The van der Waals surface area contributed by atoms with Gasteiger partial charge in [0.1, 0.15) is 36.6 Å². The van der Waals surface area contributed by atoms with Gasteiger partial charge in [0.05, 0.1) is 25.4 Å². The van der Waals surface area contributed by atoms with Gasteiger partial charge in [-0.2, -0.15) is 0 Å². The molecule has 1 heterocycles. The van der Waals surface area contributed by atoms with Gasteiger partial charge >= 0.3 is 0 Å². The first-order valence-electron chi connectivity index (χ1n) is 22.2. The lowest BCUT2D eigenvalue weighted by Gasteiger charge is -2.40. The van der Waals surface area contributed by atoms with Crippen LogP contribution in [0.4, 0.5) is 0 Å². The number of rotatable bonds is 36. The molecule has 9 unspecified atom stereocenters. The summed E-state index contributed by atoms with van der Waals surface area (Å²) in [7, 11) is 0. The predicted octanol–water partition coefficient (Wildman–Crippen LogP) is 6.67. The monoisotopic (exact) mass is 786 g/mol. The normalized spacial score (nSPS) is 22.7. The van der Waals surface area contributed by atoms with Crippen LogP contribution in [0.2, 0.25) is 0 Å². The molecule has 0 aromatic carbocycles. The Morgan fingerprint density at radius 3 is 1.62 bits per heavy atom. The van der Waals surface area contributed by atoms with E-state index in [0.29, 0.717) is 19.3 Å². The summed E-state index contributed by atoms with van der Waals surface area (Å²) >= 11 is 0. The van der Waals surface area contributed by atoms with Gasteiger partial charge in [0.2, 0.25) is 5.91 Å². The van der Waals surface area contributed by atoms with E-state index in [1.165, 1.54) is 89.9 Å². The second kappa shape index (κ2) is 34.6. The van der Waals surface area contributed by atoms with Crippen LogP contribution in [-0.4, -0.2) is 110 Å². The minimum atomic E-state index is -1.67. The first-order chi connectivity index (χ1) is 26.7. The summed E-state index contributed by atoms with van der Waals surface area (Å²) in [5, 5.41) is 75.3. The lowest BCUT2D eigenvalue weighted by Crippen LogP contribution is -2.60. The highest BCUT2D eigenvalue weighted by atomic mass is 16.7. The zero-order chi connectivity index (χ0) is 40.5. The second-order valence-corrected chi connectivity index (χ2v) is 15.8. The van der Waals surface area contributed by atoms with Crippen LogP contribution in [0.25, 0.3) is 0 Å². The molecule has 1 amide bonds. The fourth-order valence-electron chi connectivity index (χ4n) is 6.99. The number of unbranched alkanes of at least 4 members (excludes halogenated alkanes) is 20. The smallest absolute Gasteiger partial charge is 0.249 e. The number of allylic oxidation sites excluding steroid dienone is 4. The number of aliphatic hydroxyl groups is 7. The third kappa shape index (κ3) is 24.9. The molecule has 0 bridgehead atoms. The Kier molecular flexibility index (Phi) is 32.5. The van der Waals surface area contributed by atoms with E-state index in [1.54, 1.807) is 0 Å². The van der Waals surface area contributed by atoms with Gasteiger partial charge in [0, 0.05) is 0 Å². The molecule has 11 heteroatoms. The molecule has 0 aliphatic carbocycles. The Labute approximate surface area is 334 Å². The lowest BCUT2D eigenvalue weighted by atomic mass is 9.98. The molecule has 1 rings (SSSR count). The second-order valence-electron chi connectivity index (χ2n) is 15.8. The van der Waals surface area contributed by atoms with Crippen LogP contribution in [-0.2, 0) is 14.3 Å². The molecular formula is C44H83NO10. The molecule has 1 aliphatic heterocycles. The van der Waals surface area contributed by atoms with Gasteiger partial charge in [0.25, 0.3) is 0 Å². The Hall–Kier alpha value is -1.41. The highest BCUT2D eigenvalue weighted by molar-refractivity contribution is 5.80. The Bertz CT molecular complexity index is 950. The van der Waals surface area contributed by atoms with Crippen molar-refractivity contribution in [1.82, 2.24) is 5.32 Å². The molecule has 0 aromatic heterocycles. The van der Waals surface area contributed by atoms with Crippen molar-refractivity contribution < 1.29 is 50.0 Å². The molecule has 0 radical (unpaired) electrons. The largest absolute Gasteiger partial charge is 0.394 e. The van der Waals surface area contributed by atoms with E-state index in [4.69, 9.17) is 9.47 Å². The number of hydrogen-bond donors (Lipinski definition) is 8. The fourth-order valence-corrected chi connectivity index (χ4v) is 6.99. The van der Waals surface area contributed by atoms with E-state index in [2.05, 4.69) is 37.4 Å². The summed E-state index contributed by atoms with van der Waals surface area (Å²) < 4.78 is 11.0. The fraction of sp³-hybridized carbons (Fsp3) is 0.886. The minimum Gasteiger partial charge on any atom is -0.394 e. The van der Waals surface area contributed by atoms with Gasteiger partial charge in [-0.1, -0.05) is 160 Å². The van der Waals surface area contributed by atoms with Gasteiger partial charge < -0.3 is 50.5 Å². The van der Waals surface area contributed by atoms with Crippen molar-refractivity contribution in [2.75, 3.05) is 13.2 Å². The number of ether oxygens (including phenoxy) is 2. The molecule has 8 N–H and O–H groups in total. The molecule has 11 nitrogen and oxygen atoms in total. The molecule has 9 atom stereocenters. The quantitative estimate of drug-likeness (QED) is 0.0252. The van der Waals surface area contributed by atoms with Gasteiger partial charge in [-0.15, -0.1) is 0 Å². The van der Waals surface area contributed by atoms with Crippen molar-refractivity contribution in [3.05, 3.63) is 24.3 Å². The molecule has 1 saturated heterocycles. The minimum absolute atomic E-state index is 0.246. The maximum Gasteiger partial charge on any atom is 0.249 e. The van der Waals surface area contributed by atoms with Crippen LogP contribution >= 0.6 is 0 Å². The molecule has 324 valence electrons. The summed E-state index contributed by atoms with van der Waals surface area (Å²) in [6.45, 7) is 3.33. The average Bonchev–Trinajstić information content (AvgIpc) is 3.18. The number of carbonyl (C=O) groups is 1. The van der Waals surface area contributed by atoms with Crippen molar-refractivity contribution in [2.45, 2.75) is 236 Å². The van der Waals surface area contributed by atoms with E-state index < -0.39 is 74.2 Å². The topological polar surface area (TPSA) is 189 Å². The van der Waals surface area contributed by atoms with Crippen LogP contribution in [0.5, 0.6) is 0 Å². The molecule has 1 aliphatic rings. The third-order valence-electron chi connectivity index (χ3n) is 10.7. The van der Waals surface area contributed by atoms with Crippen molar-refractivity contribution in [2.24, 2.45) is 0 Å². The van der Waals surface area contributed by atoms with Gasteiger partial charge in [0.15, 0.2) is 6.29 Å². The predicted molar refractivity (Wildman–Crippen MR) is 219 cm³/mol. The summed E-state index contributed by atoms with van der Waals surface area (Å²) in [4.78, 5) is 13.0. The first-order valence-corrected chi connectivity index (χ1v) is 22.2. The van der Waals surface area contributed by atoms with E-state index in [-0.39, 0.29) is 12.8 Å². The van der Waals surface area contributed by atoms with E-state index in [9.17, 15) is 40.5 Å². The van der Waals surface area contributed by atoms with Crippen molar-refractivity contribution in [3.8, 4) is 0 Å². The van der Waals surface area contributed by atoms with E-state index in [1.807, 2.05) is 6.08 Å². The van der Waals surface area contributed by atoms with Crippen LogP contribution in [0, 0.1) is 0 Å². The number of carbonyl (C=O) groups excluding carboxylic acids is 1. The van der Waals surface area contributed by atoms with E-state index >= 15 is 0 Å². The van der Waals surface area contributed by atoms with E-state index in [0.717, 1.165) is 44.9 Å². The molecule has 1 fully saturated rings. The van der Waals surface area contributed by atoms with Crippen molar-refractivity contribution in [1.29, 1.82) is 0 Å². The third-order valence-corrected chi connectivity index (χ3v) is 10.7. The number of nitrogens with one attached hydrogen (secondary N) is 1. The maximum absolute atomic E-state index is 13.0. The Morgan fingerprint density at radius 2 is 1.11 bits per heavy atom. The highest BCUT2D eigenvalue weighted by Crippen LogP contribution is 2.23. The van der Waals surface area contributed by atoms with Crippen molar-refractivity contribution in [3.63, 3.8) is 0 Å². The summed E-state index contributed by atoms with van der Waals surface area (Å²) in [6, 6.07) is -1.18. The number of hydrogen-bond acceptors (Lipinski definition) is 10. The Morgan fingerprint density at radius 1 is 0.618 bits per heavy atom. The highest BCUT2D eigenvalue weighted by Gasteiger charge is 2.44. The molecule has 0 saturated carbocycles. The molecular weight excluding hydrogens is 702 g/mol. The summed E-state index contributed by atoms with van der Waals surface area (Å²) in [5.41, 5.74) is 0. The van der Waals surface area contributed by atoms with Gasteiger partial charge in [-0.05, 0) is 44.9 Å². The van der Waals surface area contributed by atoms with Crippen LogP contribution in [0.3, 0.4) is 0 Å². The zero-order valence-electron chi connectivity index (χ0n) is 34.7. The number of amides is 1. The molecule has 0 spiro atoms. The summed E-state index contributed by atoms with van der Waals surface area (Å²) in [5.74, 6) is -0.712. The first kappa shape index (κ1) is 51.6. The van der Waals surface area contributed by atoms with Crippen LogP contribution < -0.4 is 5.32 Å². The number of aliphatic hydroxyl groups excluding tert-OH is 7. The van der Waals surface area contributed by atoms with Crippen molar-refractivity contribution >= 4 is 5.91 Å². The maximum atomic E-state index is 13.0. The van der Waals surface area contributed by atoms with Gasteiger partial charge in [-0.25, -0.2) is 0 Å². The molecule has 0 aromatic rings. The van der Waals surface area contributed by atoms with Crippen LogP contribution in [0.1, 0.15) is 181 Å². The van der Waals surface area contributed by atoms with Gasteiger partial charge in [-0.3, -0.25) is 4.79 Å². The SMILES string of the molecule is CCC/C=C/CC/C=C/CCCC(O)C(O)C(COC1OC(CO)C(O)C(O)C1O)NC(=O)C(O)CCCCCCCCCCCCCCCCCCCC. The Balaban J connectivity index is 2.45. The summed E-state index contributed by atoms with van der Waals surface area (Å²) in [6.07, 6.45) is 25.3. The average molecular weight is 786 g/mol. The zero-order valence-corrected chi connectivity index (χ0v) is 34.7. The molecule has 55 heavy (non-hydrogen) atoms. The van der Waals surface area contributed by atoms with Crippen LogP contribution in [0.15, 0.2) is 24.3 Å². The standard InChI is InChI=1S/C44H83NO10/c1-3-5-7-9-11-13-15-16-17-18-19-20-21-22-24-26-28-30-32-37(48)43(53)45-35(34-54-44-42(52)41(51)40(50)38(33-46)55-44)39(49)36(47)31-29-27-25-23-14-12-10-8-6-4-2/h8,10,23,25,35-42,44,46-52H,3-7,9,11-22,24,26-34H2,1-2H3,(H,45,53)/b10-8+,25-23+. The lowest BCUT2D eigenvalue weighted by molar-refractivity contribution is -0.303.